The molecule has 47 heavy (non-hydrogen) atoms. The second-order valence-electron chi connectivity index (χ2n) is 12.6. The number of nitrogens with zero attached hydrogens (tertiary/aromatic N) is 1. The van der Waals surface area contributed by atoms with Crippen LogP contribution < -0.4 is 4.90 Å². The fourth-order valence-electron chi connectivity index (χ4n) is 7.28. The van der Waals surface area contributed by atoms with E-state index in [1.54, 1.807) is 0 Å². The van der Waals surface area contributed by atoms with E-state index in [9.17, 15) is 0 Å². The highest BCUT2D eigenvalue weighted by Crippen LogP contribution is 2.40. The third-order valence-corrected chi connectivity index (χ3v) is 9.65. The second-order valence-corrected chi connectivity index (χ2v) is 12.6. The summed E-state index contributed by atoms with van der Waals surface area (Å²) in [6, 6.07) is 52.5. The average molecular weight is 604 g/mol. The predicted octanol–water partition coefficient (Wildman–Crippen LogP) is 12.6. The van der Waals surface area contributed by atoms with Crippen molar-refractivity contribution in [2.45, 2.75) is 19.3 Å². The Bertz CT molecular complexity index is 2500. The molecule has 7 aromatic carbocycles. The molecule has 0 saturated heterocycles. The van der Waals surface area contributed by atoms with Crippen LogP contribution in [0, 0.1) is 6.92 Å². The first-order valence-electron chi connectivity index (χ1n) is 16.4. The van der Waals surface area contributed by atoms with Gasteiger partial charge in [-0.3, -0.25) is 0 Å². The van der Waals surface area contributed by atoms with Crippen molar-refractivity contribution < 1.29 is 4.42 Å². The quantitative estimate of drug-likeness (QED) is 0.195. The fraction of sp³-hybridized carbons (Fsp3) is 0.0667. The summed E-state index contributed by atoms with van der Waals surface area (Å²) in [4.78, 5) is 2.41. The van der Waals surface area contributed by atoms with E-state index in [1.165, 1.54) is 49.4 Å². The maximum absolute atomic E-state index is 6.25. The van der Waals surface area contributed by atoms with Crippen LogP contribution in [-0.2, 0) is 0 Å². The molecule has 0 fully saturated rings. The molecule has 9 rings (SSSR count). The molecule has 0 aliphatic heterocycles. The summed E-state index contributed by atoms with van der Waals surface area (Å²) < 4.78 is 6.25. The van der Waals surface area contributed by atoms with Crippen molar-refractivity contribution in [1.29, 1.82) is 0 Å². The minimum absolute atomic E-state index is 0.332. The number of aryl methyl sites for hydroxylation is 1. The Morgan fingerprint density at radius 2 is 1.30 bits per heavy atom. The van der Waals surface area contributed by atoms with Gasteiger partial charge >= 0.3 is 0 Å². The van der Waals surface area contributed by atoms with Gasteiger partial charge < -0.3 is 9.32 Å². The minimum atomic E-state index is 0.332. The molecular formula is C45H33NO. The van der Waals surface area contributed by atoms with E-state index in [1.807, 2.05) is 0 Å². The van der Waals surface area contributed by atoms with E-state index in [4.69, 9.17) is 4.42 Å². The van der Waals surface area contributed by atoms with Crippen LogP contribution in [0.15, 0.2) is 174 Å². The number of anilines is 2. The van der Waals surface area contributed by atoms with Crippen molar-refractivity contribution in [1.82, 2.24) is 0 Å². The molecule has 1 aliphatic carbocycles. The highest BCUT2D eigenvalue weighted by atomic mass is 16.3. The molecule has 0 bridgehead atoms. The van der Waals surface area contributed by atoms with Gasteiger partial charge in [-0.2, -0.15) is 0 Å². The van der Waals surface area contributed by atoms with E-state index in [-0.39, 0.29) is 0 Å². The van der Waals surface area contributed by atoms with Crippen molar-refractivity contribution >= 4 is 54.9 Å². The molecule has 0 radical (unpaired) electrons. The molecule has 1 aliphatic rings. The molecule has 1 heterocycles. The van der Waals surface area contributed by atoms with Crippen LogP contribution in [0.1, 0.15) is 23.5 Å². The van der Waals surface area contributed by atoms with E-state index in [0.717, 1.165) is 39.8 Å². The predicted molar refractivity (Wildman–Crippen MR) is 199 cm³/mol. The molecule has 8 aromatic rings. The maximum Gasteiger partial charge on any atom is 0.136 e. The van der Waals surface area contributed by atoms with Gasteiger partial charge in [-0.15, -0.1) is 0 Å². The van der Waals surface area contributed by atoms with E-state index < -0.39 is 0 Å². The van der Waals surface area contributed by atoms with E-state index in [2.05, 4.69) is 176 Å². The van der Waals surface area contributed by atoms with Gasteiger partial charge in [-0.25, -0.2) is 0 Å². The maximum atomic E-state index is 6.25. The van der Waals surface area contributed by atoms with Gasteiger partial charge in [0.05, 0.1) is 5.69 Å². The molecule has 0 spiro atoms. The van der Waals surface area contributed by atoms with Crippen molar-refractivity contribution in [2.75, 3.05) is 4.90 Å². The number of rotatable bonds is 5. The number of benzene rings is 7. The Kier molecular flexibility index (Phi) is 6.53. The first-order valence-corrected chi connectivity index (χ1v) is 16.4. The molecule has 224 valence electrons. The fourth-order valence-corrected chi connectivity index (χ4v) is 7.28. The molecule has 0 saturated carbocycles. The lowest BCUT2D eigenvalue weighted by molar-refractivity contribution is 0.669. The monoisotopic (exact) mass is 603 g/mol. The lowest BCUT2D eigenvalue weighted by atomic mass is 9.88. The molecule has 0 amide bonds. The Balaban J connectivity index is 1.10. The van der Waals surface area contributed by atoms with Crippen LogP contribution in [0.3, 0.4) is 0 Å². The first kappa shape index (κ1) is 27.5. The third-order valence-electron chi connectivity index (χ3n) is 9.65. The number of allylic oxidation sites excluding steroid dienone is 3. The highest BCUT2D eigenvalue weighted by molar-refractivity contribution is 6.06. The zero-order valence-electron chi connectivity index (χ0n) is 26.2. The Morgan fingerprint density at radius 1 is 0.574 bits per heavy atom. The normalized spacial score (nSPS) is 14.7. The topological polar surface area (TPSA) is 16.4 Å². The Hall–Kier alpha value is -5.86. The van der Waals surface area contributed by atoms with Gasteiger partial charge in [-0.1, -0.05) is 121 Å². The zero-order chi connectivity index (χ0) is 31.3. The van der Waals surface area contributed by atoms with E-state index >= 15 is 0 Å². The average Bonchev–Trinajstić information content (AvgIpc) is 3.49. The van der Waals surface area contributed by atoms with Gasteiger partial charge in [-0.05, 0) is 94.7 Å². The number of furan rings is 1. The van der Waals surface area contributed by atoms with Gasteiger partial charge in [0.25, 0.3) is 0 Å². The summed E-state index contributed by atoms with van der Waals surface area (Å²) in [5.41, 5.74) is 10.3. The Morgan fingerprint density at radius 3 is 2.11 bits per heavy atom. The molecule has 1 unspecified atom stereocenters. The molecule has 2 heteroatoms. The van der Waals surface area contributed by atoms with Crippen LogP contribution in [0.5, 0.6) is 0 Å². The van der Waals surface area contributed by atoms with Gasteiger partial charge in [0, 0.05) is 33.5 Å². The summed E-state index contributed by atoms with van der Waals surface area (Å²) >= 11 is 0. The van der Waals surface area contributed by atoms with Gasteiger partial charge in [0.15, 0.2) is 0 Å². The Labute approximate surface area is 274 Å². The van der Waals surface area contributed by atoms with Gasteiger partial charge in [0.2, 0.25) is 0 Å². The summed E-state index contributed by atoms with van der Waals surface area (Å²) in [6.45, 7) is 2.12. The largest absolute Gasteiger partial charge is 0.456 e. The van der Waals surface area contributed by atoms with Gasteiger partial charge in [0.1, 0.15) is 11.2 Å². The highest BCUT2D eigenvalue weighted by Gasteiger charge is 2.21. The first-order chi connectivity index (χ1) is 23.2. The van der Waals surface area contributed by atoms with Crippen LogP contribution >= 0.6 is 0 Å². The molecule has 1 aromatic heterocycles. The van der Waals surface area contributed by atoms with Crippen molar-refractivity contribution in [3.05, 3.63) is 181 Å². The molecular weight excluding hydrogens is 571 g/mol. The summed E-state index contributed by atoms with van der Waals surface area (Å²) in [5.74, 6) is 0.332. The number of fused-ring (bicyclic) bond motifs is 5. The molecule has 2 nitrogen and oxygen atoms in total. The van der Waals surface area contributed by atoms with Crippen LogP contribution in [-0.4, -0.2) is 0 Å². The SMILES string of the molecule is Cc1ccc2oc3cc(-c4ccc(N(C5=CCC(c6cccc7ccccc67)C=C5)c5cccc6ccccc56)cc4)ccc3c2c1. The minimum Gasteiger partial charge on any atom is -0.456 e. The van der Waals surface area contributed by atoms with Crippen LogP contribution in [0.4, 0.5) is 11.4 Å². The van der Waals surface area contributed by atoms with Crippen LogP contribution in [0.25, 0.3) is 54.6 Å². The van der Waals surface area contributed by atoms with Crippen molar-refractivity contribution in [3.8, 4) is 11.1 Å². The van der Waals surface area contributed by atoms with Crippen molar-refractivity contribution in [2.24, 2.45) is 0 Å². The lowest BCUT2D eigenvalue weighted by Gasteiger charge is -2.30. The standard InChI is InChI=1S/C45H33NO/c1-30-16-27-44-42(28-30)41-26-21-35(29-45(41)47-44)31-17-22-36(23-18-31)46(43-15-7-11-33-9-3-5-13-40(33)43)37-24-19-34(20-25-37)39-14-6-10-32-8-2-4-12-38(32)39/h2-19,21-29,34H,20H2,1H3. The smallest absolute Gasteiger partial charge is 0.136 e. The zero-order valence-corrected chi connectivity index (χ0v) is 26.2. The van der Waals surface area contributed by atoms with E-state index in [0.29, 0.717) is 5.92 Å². The molecule has 0 N–H and O–H groups in total. The number of hydrogen-bond donors (Lipinski definition) is 0. The second kappa shape index (κ2) is 11.2. The summed E-state index contributed by atoms with van der Waals surface area (Å²) in [7, 11) is 0. The lowest BCUT2D eigenvalue weighted by Crippen LogP contribution is -2.17. The summed E-state index contributed by atoms with van der Waals surface area (Å²) in [6.07, 6.45) is 8.03. The third kappa shape index (κ3) is 4.81. The number of hydrogen-bond acceptors (Lipinski definition) is 2. The van der Waals surface area contributed by atoms with Crippen LogP contribution in [0.2, 0.25) is 0 Å². The molecule has 1 atom stereocenters. The summed E-state index contributed by atoms with van der Waals surface area (Å²) in [5, 5.41) is 7.41. The van der Waals surface area contributed by atoms with Crippen molar-refractivity contribution in [3.63, 3.8) is 0 Å².